The van der Waals surface area contributed by atoms with Gasteiger partial charge in [-0.2, -0.15) is 0 Å². The maximum Gasteiger partial charge on any atom is 0.224 e. The minimum atomic E-state index is 0.317. The van der Waals surface area contributed by atoms with Crippen LogP contribution in [0.4, 0.5) is 5.82 Å². The number of aromatic nitrogens is 2. The van der Waals surface area contributed by atoms with Crippen LogP contribution in [0.2, 0.25) is 5.28 Å². The van der Waals surface area contributed by atoms with E-state index in [1.54, 1.807) is 6.20 Å². The second-order valence-corrected chi connectivity index (χ2v) is 6.14. The standard InChI is InChI=1S/C14H21ClN4/c1-9-8-16-14(15)19-13(9)18-12-6-4-11(5-7-12)17-10-2-3-10/h8,10-12,17H,2-7H2,1H3,(H,16,18,19). The molecule has 104 valence electrons. The lowest BCUT2D eigenvalue weighted by Crippen LogP contribution is -2.38. The van der Waals surface area contributed by atoms with E-state index < -0.39 is 0 Å². The van der Waals surface area contributed by atoms with Gasteiger partial charge in [-0.3, -0.25) is 0 Å². The number of hydrogen-bond donors (Lipinski definition) is 2. The van der Waals surface area contributed by atoms with Crippen LogP contribution in [0.25, 0.3) is 0 Å². The number of nitrogens with one attached hydrogen (secondary N) is 2. The first-order chi connectivity index (χ1) is 9.20. The zero-order valence-corrected chi connectivity index (χ0v) is 12.1. The molecule has 0 spiro atoms. The molecule has 2 aliphatic carbocycles. The van der Waals surface area contributed by atoms with Gasteiger partial charge in [-0.05, 0) is 57.0 Å². The summed E-state index contributed by atoms with van der Waals surface area (Å²) in [5, 5.41) is 7.56. The van der Waals surface area contributed by atoms with Gasteiger partial charge >= 0.3 is 0 Å². The van der Waals surface area contributed by atoms with Crippen molar-refractivity contribution >= 4 is 17.4 Å². The fourth-order valence-electron chi connectivity index (χ4n) is 2.75. The van der Waals surface area contributed by atoms with Crippen LogP contribution in [0, 0.1) is 6.92 Å². The van der Waals surface area contributed by atoms with E-state index >= 15 is 0 Å². The first-order valence-electron chi connectivity index (χ1n) is 7.22. The second kappa shape index (κ2) is 5.63. The first-order valence-corrected chi connectivity index (χ1v) is 7.60. The summed E-state index contributed by atoms with van der Waals surface area (Å²) >= 11 is 5.85. The lowest BCUT2D eigenvalue weighted by molar-refractivity contribution is 0.351. The Kier molecular flexibility index (Phi) is 3.89. The highest BCUT2D eigenvalue weighted by Crippen LogP contribution is 2.27. The smallest absolute Gasteiger partial charge is 0.224 e. The van der Waals surface area contributed by atoms with Crippen molar-refractivity contribution in [2.75, 3.05) is 5.32 Å². The van der Waals surface area contributed by atoms with Crippen LogP contribution in [-0.2, 0) is 0 Å². The number of anilines is 1. The molecule has 2 N–H and O–H groups in total. The highest BCUT2D eigenvalue weighted by Gasteiger charge is 2.27. The van der Waals surface area contributed by atoms with Crippen molar-refractivity contribution in [1.82, 2.24) is 15.3 Å². The Labute approximate surface area is 119 Å². The first kappa shape index (κ1) is 13.1. The van der Waals surface area contributed by atoms with Crippen LogP contribution in [-0.4, -0.2) is 28.1 Å². The molecule has 3 rings (SSSR count). The van der Waals surface area contributed by atoms with Gasteiger partial charge in [0.05, 0.1) is 0 Å². The molecule has 1 aromatic rings. The normalized spacial score (nSPS) is 27.3. The van der Waals surface area contributed by atoms with E-state index in [1.165, 1.54) is 38.5 Å². The summed E-state index contributed by atoms with van der Waals surface area (Å²) in [5.41, 5.74) is 1.06. The van der Waals surface area contributed by atoms with E-state index in [4.69, 9.17) is 11.6 Å². The van der Waals surface area contributed by atoms with Crippen molar-refractivity contribution in [3.63, 3.8) is 0 Å². The fourth-order valence-corrected chi connectivity index (χ4v) is 2.88. The van der Waals surface area contributed by atoms with E-state index in [0.29, 0.717) is 11.3 Å². The highest BCUT2D eigenvalue weighted by molar-refractivity contribution is 6.28. The van der Waals surface area contributed by atoms with Gasteiger partial charge in [-0.1, -0.05) is 0 Å². The molecule has 2 fully saturated rings. The molecule has 1 heterocycles. The minimum absolute atomic E-state index is 0.317. The molecule has 0 radical (unpaired) electrons. The molecule has 4 nitrogen and oxygen atoms in total. The Bertz CT molecular complexity index is 439. The van der Waals surface area contributed by atoms with Crippen LogP contribution in [0.3, 0.4) is 0 Å². The van der Waals surface area contributed by atoms with Gasteiger partial charge in [0.25, 0.3) is 0 Å². The predicted octanol–water partition coefficient (Wildman–Crippen LogP) is 2.91. The lowest BCUT2D eigenvalue weighted by Gasteiger charge is -2.30. The molecule has 2 saturated carbocycles. The van der Waals surface area contributed by atoms with E-state index in [-0.39, 0.29) is 0 Å². The second-order valence-electron chi connectivity index (χ2n) is 5.80. The molecule has 2 aliphatic rings. The maximum atomic E-state index is 5.85. The summed E-state index contributed by atoms with van der Waals surface area (Å²) < 4.78 is 0. The van der Waals surface area contributed by atoms with Gasteiger partial charge in [0.1, 0.15) is 5.82 Å². The van der Waals surface area contributed by atoms with Crippen molar-refractivity contribution in [3.8, 4) is 0 Å². The largest absolute Gasteiger partial charge is 0.367 e. The fraction of sp³-hybridized carbons (Fsp3) is 0.714. The molecular weight excluding hydrogens is 260 g/mol. The Morgan fingerprint density at radius 3 is 2.26 bits per heavy atom. The van der Waals surface area contributed by atoms with Gasteiger partial charge in [0, 0.05) is 29.9 Å². The van der Waals surface area contributed by atoms with Crippen LogP contribution in [0.1, 0.15) is 44.1 Å². The third kappa shape index (κ3) is 3.57. The predicted molar refractivity (Wildman–Crippen MR) is 77.6 cm³/mol. The van der Waals surface area contributed by atoms with Crippen molar-refractivity contribution in [3.05, 3.63) is 17.0 Å². The highest BCUT2D eigenvalue weighted by atomic mass is 35.5. The molecule has 0 amide bonds. The van der Waals surface area contributed by atoms with Crippen molar-refractivity contribution in [2.24, 2.45) is 0 Å². The molecule has 0 aromatic carbocycles. The monoisotopic (exact) mass is 280 g/mol. The third-order valence-corrected chi connectivity index (χ3v) is 4.24. The average molecular weight is 281 g/mol. The Balaban J connectivity index is 1.52. The minimum Gasteiger partial charge on any atom is -0.367 e. The summed E-state index contributed by atoms with van der Waals surface area (Å²) in [4.78, 5) is 8.26. The van der Waals surface area contributed by atoms with E-state index in [9.17, 15) is 0 Å². The van der Waals surface area contributed by atoms with Crippen molar-refractivity contribution in [1.29, 1.82) is 0 Å². The summed E-state index contributed by atoms with van der Waals surface area (Å²) in [6.45, 7) is 2.01. The number of hydrogen-bond acceptors (Lipinski definition) is 4. The molecule has 0 atom stereocenters. The lowest BCUT2D eigenvalue weighted by atomic mass is 9.91. The third-order valence-electron chi connectivity index (χ3n) is 4.06. The molecule has 19 heavy (non-hydrogen) atoms. The summed E-state index contributed by atoms with van der Waals surface area (Å²) in [5.74, 6) is 0.888. The molecule has 5 heteroatoms. The number of halogens is 1. The van der Waals surface area contributed by atoms with Gasteiger partial charge in [0.2, 0.25) is 5.28 Å². The zero-order valence-electron chi connectivity index (χ0n) is 11.3. The number of aryl methyl sites for hydroxylation is 1. The molecule has 0 bridgehead atoms. The summed E-state index contributed by atoms with van der Waals surface area (Å²) in [6.07, 6.45) is 9.43. The van der Waals surface area contributed by atoms with Crippen LogP contribution >= 0.6 is 11.6 Å². The topological polar surface area (TPSA) is 49.8 Å². The van der Waals surface area contributed by atoms with Crippen LogP contribution < -0.4 is 10.6 Å². The summed E-state index contributed by atoms with van der Waals surface area (Å²) in [6, 6.07) is 2.06. The van der Waals surface area contributed by atoms with Gasteiger partial charge in [-0.15, -0.1) is 0 Å². The average Bonchev–Trinajstić information content (AvgIpc) is 3.20. The van der Waals surface area contributed by atoms with Crippen LogP contribution in [0.15, 0.2) is 6.20 Å². The van der Waals surface area contributed by atoms with Crippen LogP contribution in [0.5, 0.6) is 0 Å². The van der Waals surface area contributed by atoms with E-state index in [1.807, 2.05) is 6.92 Å². The molecule has 0 saturated heterocycles. The molecule has 0 aliphatic heterocycles. The Morgan fingerprint density at radius 1 is 1.05 bits per heavy atom. The maximum absolute atomic E-state index is 5.85. The zero-order chi connectivity index (χ0) is 13.2. The number of rotatable bonds is 4. The van der Waals surface area contributed by atoms with E-state index in [0.717, 1.165) is 23.5 Å². The van der Waals surface area contributed by atoms with Crippen molar-refractivity contribution < 1.29 is 0 Å². The summed E-state index contributed by atoms with van der Waals surface area (Å²) in [7, 11) is 0. The molecule has 1 aromatic heterocycles. The molecule has 0 unspecified atom stereocenters. The SMILES string of the molecule is Cc1cnc(Cl)nc1NC1CCC(NC2CC2)CC1. The van der Waals surface area contributed by atoms with Gasteiger partial charge in [-0.25, -0.2) is 9.97 Å². The quantitative estimate of drug-likeness (QED) is 0.833. The molecular formula is C14H21ClN4. The van der Waals surface area contributed by atoms with Gasteiger partial charge < -0.3 is 10.6 Å². The Hall–Kier alpha value is -0.870. The van der Waals surface area contributed by atoms with E-state index in [2.05, 4.69) is 20.6 Å². The van der Waals surface area contributed by atoms with Gasteiger partial charge in [0.15, 0.2) is 0 Å². The number of nitrogens with zero attached hydrogens (tertiary/aromatic N) is 2. The Morgan fingerprint density at radius 2 is 1.63 bits per heavy atom. The van der Waals surface area contributed by atoms with Crippen molar-refractivity contribution in [2.45, 2.75) is 63.6 Å².